The van der Waals surface area contributed by atoms with Gasteiger partial charge in [-0.05, 0) is 27.3 Å². The van der Waals surface area contributed by atoms with Crippen molar-refractivity contribution >= 4 is 11.6 Å². The normalized spacial score (nSPS) is 12.7. The highest BCUT2D eigenvalue weighted by molar-refractivity contribution is 5.77. The summed E-state index contributed by atoms with van der Waals surface area (Å²) >= 11 is 0. The van der Waals surface area contributed by atoms with E-state index in [-0.39, 0.29) is 12.5 Å². The Hall–Kier alpha value is -1.60. The van der Waals surface area contributed by atoms with Crippen LogP contribution in [-0.4, -0.2) is 58.5 Å². The number of likely N-dealkylation sites (N-methyl/N-ethyl adjacent to an activating group) is 1. The van der Waals surface area contributed by atoms with Crippen LogP contribution in [0.4, 0.5) is 5.69 Å². The number of carbonyl (C=O) groups is 1. The van der Waals surface area contributed by atoms with Gasteiger partial charge in [0.15, 0.2) is 0 Å². The summed E-state index contributed by atoms with van der Waals surface area (Å²) in [6, 6.07) is 0. The van der Waals surface area contributed by atoms with Gasteiger partial charge >= 0.3 is 0 Å². The van der Waals surface area contributed by atoms with Gasteiger partial charge in [0.2, 0.25) is 5.91 Å². The van der Waals surface area contributed by atoms with Crippen molar-refractivity contribution in [3.63, 3.8) is 0 Å². The second-order valence-electron chi connectivity index (χ2n) is 5.47. The van der Waals surface area contributed by atoms with Crippen LogP contribution in [0.5, 0.6) is 0 Å². The Morgan fingerprint density at radius 1 is 1.52 bits per heavy atom. The fourth-order valence-corrected chi connectivity index (χ4v) is 2.14. The Bertz CT molecular complexity index is 472. The fourth-order valence-electron chi connectivity index (χ4n) is 2.14. The van der Waals surface area contributed by atoms with Gasteiger partial charge in [-0.15, -0.1) is 0 Å². The maximum absolute atomic E-state index is 11.6. The molecule has 1 atom stereocenters. The topological polar surface area (TPSA) is 96.4 Å². The molecule has 1 aromatic heterocycles. The quantitative estimate of drug-likeness (QED) is 0.623. The first-order valence-corrected chi connectivity index (χ1v) is 7.27. The van der Waals surface area contributed by atoms with E-state index in [1.54, 1.807) is 9.58 Å². The molecule has 0 spiro atoms. The van der Waals surface area contributed by atoms with Crippen LogP contribution in [0.15, 0.2) is 0 Å². The van der Waals surface area contributed by atoms with E-state index >= 15 is 0 Å². The predicted octanol–water partition coefficient (Wildman–Crippen LogP) is -0.0990. The molecule has 0 saturated carbocycles. The Labute approximate surface area is 126 Å². The number of amides is 1. The molecule has 1 unspecified atom stereocenters. The number of aliphatic hydroxyl groups excluding tert-OH is 1. The highest BCUT2D eigenvalue weighted by Gasteiger charge is 2.15. The molecule has 1 amide bonds. The second-order valence-corrected chi connectivity index (χ2v) is 5.47. The van der Waals surface area contributed by atoms with Gasteiger partial charge in [0.05, 0.1) is 36.3 Å². The zero-order valence-electron chi connectivity index (χ0n) is 13.4. The monoisotopic (exact) mass is 297 g/mol. The van der Waals surface area contributed by atoms with Crippen molar-refractivity contribution in [1.29, 1.82) is 0 Å². The first kappa shape index (κ1) is 17.5. The van der Waals surface area contributed by atoms with Crippen LogP contribution in [0, 0.1) is 13.8 Å². The summed E-state index contributed by atoms with van der Waals surface area (Å²) in [5.41, 5.74) is 8.15. The molecular weight excluding hydrogens is 270 g/mol. The van der Waals surface area contributed by atoms with E-state index in [4.69, 9.17) is 5.73 Å². The lowest BCUT2D eigenvalue weighted by molar-refractivity contribution is -0.122. The molecular formula is C14H27N5O2. The summed E-state index contributed by atoms with van der Waals surface area (Å²) in [6.07, 6.45) is 0.309. The maximum Gasteiger partial charge on any atom is 0.234 e. The number of rotatable bonds is 8. The molecule has 4 N–H and O–H groups in total. The van der Waals surface area contributed by atoms with Crippen molar-refractivity contribution in [1.82, 2.24) is 20.0 Å². The van der Waals surface area contributed by atoms with E-state index in [0.717, 1.165) is 17.8 Å². The van der Waals surface area contributed by atoms with Gasteiger partial charge < -0.3 is 16.2 Å². The summed E-state index contributed by atoms with van der Waals surface area (Å²) < 4.78 is 1.71. The molecule has 0 aliphatic carbocycles. The van der Waals surface area contributed by atoms with E-state index in [0.29, 0.717) is 25.3 Å². The molecule has 1 heterocycles. The molecule has 7 nitrogen and oxygen atoms in total. The molecule has 120 valence electrons. The minimum absolute atomic E-state index is 0.0260. The molecule has 7 heteroatoms. The van der Waals surface area contributed by atoms with Gasteiger partial charge in [0, 0.05) is 13.1 Å². The highest BCUT2D eigenvalue weighted by atomic mass is 16.3. The highest BCUT2D eigenvalue weighted by Crippen LogP contribution is 2.15. The Kier molecular flexibility index (Phi) is 6.64. The van der Waals surface area contributed by atoms with Crippen LogP contribution < -0.4 is 11.1 Å². The molecule has 0 fully saturated rings. The zero-order chi connectivity index (χ0) is 16.0. The third-order valence-electron chi connectivity index (χ3n) is 3.33. The minimum atomic E-state index is -0.605. The van der Waals surface area contributed by atoms with Crippen molar-refractivity contribution in [3.8, 4) is 0 Å². The van der Waals surface area contributed by atoms with Crippen molar-refractivity contribution in [2.75, 3.05) is 32.4 Å². The molecule has 0 saturated heterocycles. The molecule has 0 aliphatic heterocycles. The van der Waals surface area contributed by atoms with Gasteiger partial charge in [-0.1, -0.05) is 6.92 Å². The largest absolute Gasteiger partial charge is 0.396 e. The molecule has 0 bridgehead atoms. The smallest absolute Gasteiger partial charge is 0.234 e. The first-order valence-electron chi connectivity index (χ1n) is 7.27. The van der Waals surface area contributed by atoms with Crippen LogP contribution in [0.2, 0.25) is 0 Å². The standard InChI is InChI=1S/C14H27N5O2/c1-5-6-16-13(21)9-18(4)7-12(20)8-19-11(3)14(15)10(2)17-19/h12,20H,5-9,15H2,1-4H3,(H,16,21). The van der Waals surface area contributed by atoms with E-state index < -0.39 is 6.10 Å². The number of hydrogen-bond donors (Lipinski definition) is 3. The number of carbonyl (C=O) groups excluding carboxylic acids is 1. The predicted molar refractivity (Wildman–Crippen MR) is 82.9 cm³/mol. The van der Waals surface area contributed by atoms with Crippen molar-refractivity contribution in [3.05, 3.63) is 11.4 Å². The SMILES string of the molecule is CCCNC(=O)CN(C)CC(O)Cn1nc(C)c(N)c1C. The lowest BCUT2D eigenvalue weighted by atomic mass is 10.3. The molecule has 0 aromatic carbocycles. The van der Waals surface area contributed by atoms with Crippen molar-refractivity contribution < 1.29 is 9.90 Å². The zero-order valence-corrected chi connectivity index (χ0v) is 13.4. The Morgan fingerprint density at radius 3 is 2.71 bits per heavy atom. The summed E-state index contributed by atoms with van der Waals surface area (Å²) in [7, 11) is 1.81. The molecule has 21 heavy (non-hydrogen) atoms. The van der Waals surface area contributed by atoms with Crippen LogP contribution in [0.3, 0.4) is 0 Å². The summed E-state index contributed by atoms with van der Waals surface area (Å²) in [6.45, 7) is 7.45. The van der Waals surface area contributed by atoms with Gasteiger partial charge in [-0.2, -0.15) is 5.10 Å². The average molecular weight is 297 g/mol. The van der Waals surface area contributed by atoms with E-state index in [1.807, 2.05) is 27.8 Å². The Balaban J connectivity index is 2.44. The number of nitrogens with zero attached hydrogens (tertiary/aromatic N) is 3. The van der Waals surface area contributed by atoms with Gasteiger partial charge in [-0.25, -0.2) is 0 Å². The number of nitrogens with one attached hydrogen (secondary N) is 1. The minimum Gasteiger partial charge on any atom is -0.396 e. The number of nitrogens with two attached hydrogens (primary N) is 1. The summed E-state index contributed by atoms with van der Waals surface area (Å²) in [4.78, 5) is 13.4. The lowest BCUT2D eigenvalue weighted by Gasteiger charge is -2.20. The van der Waals surface area contributed by atoms with E-state index in [9.17, 15) is 9.90 Å². The van der Waals surface area contributed by atoms with Gasteiger partial charge in [0.25, 0.3) is 0 Å². The Morgan fingerprint density at radius 2 is 2.19 bits per heavy atom. The fraction of sp³-hybridized carbons (Fsp3) is 0.714. The summed E-state index contributed by atoms with van der Waals surface area (Å²) in [5.74, 6) is -0.0260. The number of anilines is 1. The number of nitrogen functional groups attached to an aromatic ring is 1. The van der Waals surface area contributed by atoms with Crippen molar-refractivity contribution in [2.24, 2.45) is 0 Å². The van der Waals surface area contributed by atoms with Gasteiger partial charge in [-0.3, -0.25) is 14.4 Å². The number of hydrogen-bond acceptors (Lipinski definition) is 5. The first-order chi connectivity index (χ1) is 9.85. The van der Waals surface area contributed by atoms with Crippen LogP contribution >= 0.6 is 0 Å². The average Bonchev–Trinajstić information content (AvgIpc) is 2.63. The summed E-state index contributed by atoms with van der Waals surface area (Å²) in [5, 5.41) is 17.2. The maximum atomic E-state index is 11.6. The van der Waals surface area contributed by atoms with Crippen molar-refractivity contribution in [2.45, 2.75) is 39.8 Å². The lowest BCUT2D eigenvalue weighted by Crippen LogP contribution is -2.40. The van der Waals surface area contributed by atoms with E-state index in [2.05, 4.69) is 10.4 Å². The van der Waals surface area contributed by atoms with Crippen LogP contribution in [-0.2, 0) is 11.3 Å². The second kappa shape index (κ2) is 7.99. The van der Waals surface area contributed by atoms with E-state index in [1.165, 1.54) is 0 Å². The molecule has 0 aliphatic rings. The van der Waals surface area contributed by atoms with Crippen LogP contribution in [0.25, 0.3) is 0 Å². The van der Waals surface area contributed by atoms with Gasteiger partial charge in [0.1, 0.15) is 0 Å². The third kappa shape index (κ3) is 5.35. The molecule has 1 rings (SSSR count). The number of aryl methyl sites for hydroxylation is 1. The van der Waals surface area contributed by atoms with Crippen LogP contribution in [0.1, 0.15) is 24.7 Å². The molecule has 1 aromatic rings. The number of aromatic nitrogens is 2. The number of aliphatic hydroxyl groups is 1. The third-order valence-corrected chi connectivity index (χ3v) is 3.33. The molecule has 0 radical (unpaired) electrons.